The van der Waals surface area contributed by atoms with Gasteiger partial charge in [-0.1, -0.05) is 45.1 Å². The third-order valence-corrected chi connectivity index (χ3v) is 3.31. The molecule has 0 saturated carbocycles. The summed E-state index contributed by atoms with van der Waals surface area (Å²) < 4.78 is 5.50. The summed E-state index contributed by atoms with van der Waals surface area (Å²) >= 11 is 0. The Labute approximate surface area is 105 Å². The highest BCUT2D eigenvalue weighted by molar-refractivity contribution is 5.82. The first-order chi connectivity index (χ1) is 8.33. The van der Waals surface area contributed by atoms with Crippen LogP contribution in [0.3, 0.4) is 0 Å². The smallest absolute Gasteiger partial charge is 0.330 e. The molecule has 2 nitrogen and oxygen atoms in total. The van der Waals surface area contributed by atoms with Gasteiger partial charge in [-0.3, -0.25) is 0 Å². The van der Waals surface area contributed by atoms with E-state index < -0.39 is 0 Å². The molecular formula is C15H26O2. The normalized spacial score (nSPS) is 25.5. The number of hydrogen-bond donors (Lipinski definition) is 0. The van der Waals surface area contributed by atoms with E-state index in [1.54, 1.807) is 6.08 Å². The lowest BCUT2D eigenvalue weighted by molar-refractivity contribution is -0.143. The number of esters is 1. The van der Waals surface area contributed by atoms with Gasteiger partial charge in [0.15, 0.2) is 0 Å². The predicted molar refractivity (Wildman–Crippen MR) is 70.9 cm³/mol. The molecular weight excluding hydrogens is 212 g/mol. The zero-order chi connectivity index (χ0) is 12.3. The quantitative estimate of drug-likeness (QED) is 0.682. The fraction of sp³-hybridized carbons (Fsp3) is 0.800. The van der Waals surface area contributed by atoms with E-state index in [0.717, 1.165) is 25.7 Å². The fourth-order valence-corrected chi connectivity index (χ4v) is 2.24. The summed E-state index contributed by atoms with van der Waals surface area (Å²) in [6, 6.07) is 0. The van der Waals surface area contributed by atoms with Crippen molar-refractivity contribution in [2.75, 3.05) is 0 Å². The van der Waals surface area contributed by atoms with Gasteiger partial charge in [0, 0.05) is 6.08 Å². The zero-order valence-electron chi connectivity index (χ0n) is 11.1. The van der Waals surface area contributed by atoms with Gasteiger partial charge in [0.1, 0.15) is 6.10 Å². The van der Waals surface area contributed by atoms with Crippen molar-refractivity contribution in [1.82, 2.24) is 0 Å². The average molecular weight is 238 g/mol. The standard InChI is InChI=1S/C15H26O2/c1-2-3-11-14-12-9-7-5-4-6-8-10-13-15(16)17-14/h10,13-14H,2-9,11-12H2,1H3/b13-10-. The molecule has 0 aromatic heterocycles. The number of carbonyl (C=O) groups excluding carboxylic acids is 1. The van der Waals surface area contributed by atoms with E-state index in [-0.39, 0.29) is 12.1 Å². The van der Waals surface area contributed by atoms with Crippen LogP contribution in [0.25, 0.3) is 0 Å². The summed E-state index contributed by atoms with van der Waals surface area (Å²) in [7, 11) is 0. The maximum Gasteiger partial charge on any atom is 0.330 e. The third kappa shape index (κ3) is 7.19. The van der Waals surface area contributed by atoms with Gasteiger partial charge < -0.3 is 4.74 Å². The lowest BCUT2D eigenvalue weighted by Crippen LogP contribution is -2.17. The first kappa shape index (κ1) is 14.3. The van der Waals surface area contributed by atoms with Gasteiger partial charge in [0.05, 0.1) is 0 Å². The molecule has 1 unspecified atom stereocenters. The molecule has 0 N–H and O–H groups in total. The Bertz CT molecular complexity index is 233. The van der Waals surface area contributed by atoms with Crippen LogP contribution in [0.2, 0.25) is 0 Å². The Kier molecular flexibility index (Phi) is 7.78. The molecule has 1 aliphatic rings. The number of allylic oxidation sites excluding steroid dienone is 1. The Hall–Kier alpha value is -0.790. The van der Waals surface area contributed by atoms with E-state index in [4.69, 9.17) is 4.74 Å². The molecule has 0 bridgehead atoms. The summed E-state index contributed by atoms with van der Waals surface area (Å²) in [4.78, 5) is 11.6. The van der Waals surface area contributed by atoms with Gasteiger partial charge in [-0.05, 0) is 32.1 Å². The maximum absolute atomic E-state index is 11.6. The number of rotatable bonds is 3. The highest BCUT2D eigenvalue weighted by Crippen LogP contribution is 2.16. The van der Waals surface area contributed by atoms with E-state index >= 15 is 0 Å². The van der Waals surface area contributed by atoms with Crippen molar-refractivity contribution in [3.8, 4) is 0 Å². The summed E-state index contributed by atoms with van der Waals surface area (Å²) in [5.41, 5.74) is 0. The van der Waals surface area contributed by atoms with Crippen LogP contribution in [0.1, 0.15) is 71.1 Å². The molecule has 0 amide bonds. The van der Waals surface area contributed by atoms with Gasteiger partial charge in [0.2, 0.25) is 0 Å². The van der Waals surface area contributed by atoms with Crippen LogP contribution >= 0.6 is 0 Å². The Morgan fingerprint density at radius 1 is 1.24 bits per heavy atom. The van der Waals surface area contributed by atoms with Crippen molar-refractivity contribution in [2.24, 2.45) is 0 Å². The van der Waals surface area contributed by atoms with Crippen LogP contribution in [0.4, 0.5) is 0 Å². The van der Waals surface area contributed by atoms with Gasteiger partial charge >= 0.3 is 5.97 Å². The summed E-state index contributed by atoms with van der Waals surface area (Å²) in [6.07, 6.45) is 15.4. The average Bonchev–Trinajstić information content (AvgIpc) is 2.31. The summed E-state index contributed by atoms with van der Waals surface area (Å²) in [5.74, 6) is -0.147. The van der Waals surface area contributed by atoms with E-state index in [1.165, 1.54) is 38.5 Å². The molecule has 1 rings (SSSR count). The lowest BCUT2D eigenvalue weighted by Gasteiger charge is -2.17. The minimum Gasteiger partial charge on any atom is -0.459 e. The van der Waals surface area contributed by atoms with Crippen molar-refractivity contribution in [3.63, 3.8) is 0 Å². The maximum atomic E-state index is 11.6. The monoisotopic (exact) mass is 238 g/mol. The molecule has 0 radical (unpaired) electrons. The highest BCUT2D eigenvalue weighted by Gasteiger charge is 2.12. The first-order valence-electron chi connectivity index (χ1n) is 7.20. The van der Waals surface area contributed by atoms with Crippen molar-refractivity contribution < 1.29 is 9.53 Å². The Morgan fingerprint density at radius 3 is 2.82 bits per heavy atom. The highest BCUT2D eigenvalue weighted by atomic mass is 16.5. The van der Waals surface area contributed by atoms with Crippen molar-refractivity contribution in [1.29, 1.82) is 0 Å². The second-order valence-electron chi connectivity index (χ2n) is 4.95. The number of cyclic esters (lactones) is 1. The number of ether oxygens (including phenoxy) is 1. The van der Waals surface area contributed by atoms with E-state index in [0.29, 0.717) is 0 Å². The molecule has 0 saturated heterocycles. The lowest BCUT2D eigenvalue weighted by atomic mass is 10.0. The molecule has 0 fully saturated rings. The summed E-state index contributed by atoms with van der Waals surface area (Å²) in [6.45, 7) is 2.18. The van der Waals surface area contributed by atoms with Gasteiger partial charge in [0.25, 0.3) is 0 Å². The van der Waals surface area contributed by atoms with Gasteiger partial charge in [-0.15, -0.1) is 0 Å². The number of hydrogen-bond acceptors (Lipinski definition) is 2. The van der Waals surface area contributed by atoms with Crippen LogP contribution < -0.4 is 0 Å². The zero-order valence-corrected chi connectivity index (χ0v) is 11.1. The Balaban J connectivity index is 2.43. The van der Waals surface area contributed by atoms with Gasteiger partial charge in [-0.2, -0.15) is 0 Å². The molecule has 0 aromatic carbocycles. The molecule has 1 aliphatic heterocycles. The minimum absolute atomic E-state index is 0.145. The SMILES string of the molecule is CCCCC1CCCCCCC/C=C\C(=O)O1. The topological polar surface area (TPSA) is 26.3 Å². The Morgan fingerprint density at radius 2 is 2.00 bits per heavy atom. The molecule has 17 heavy (non-hydrogen) atoms. The second-order valence-corrected chi connectivity index (χ2v) is 4.95. The summed E-state index contributed by atoms with van der Waals surface area (Å²) in [5, 5.41) is 0. The molecule has 1 heterocycles. The van der Waals surface area contributed by atoms with Crippen LogP contribution in [-0.4, -0.2) is 12.1 Å². The fourth-order valence-electron chi connectivity index (χ4n) is 2.24. The van der Waals surface area contributed by atoms with Crippen molar-refractivity contribution in [2.45, 2.75) is 77.2 Å². The van der Waals surface area contributed by atoms with Crippen LogP contribution in [0.5, 0.6) is 0 Å². The van der Waals surface area contributed by atoms with Crippen LogP contribution in [-0.2, 0) is 9.53 Å². The van der Waals surface area contributed by atoms with E-state index in [2.05, 4.69) is 6.92 Å². The second kappa shape index (κ2) is 9.26. The molecule has 0 aromatic rings. The first-order valence-corrected chi connectivity index (χ1v) is 7.20. The molecule has 0 spiro atoms. The van der Waals surface area contributed by atoms with E-state index in [9.17, 15) is 4.79 Å². The molecule has 2 heteroatoms. The van der Waals surface area contributed by atoms with Crippen molar-refractivity contribution in [3.05, 3.63) is 12.2 Å². The number of unbranched alkanes of at least 4 members (excludes halogenated alkanes) is 1. The minimum atomic E-state index is -0.147. The van der Waals surface area contributed by atoms with Crippen LogP contribution in [0.15, 0.2) is 12.2 Å². The number of carbonyl (C=O) groups is 1. The molecule has 98 valence electrons. The third-order valence-electron chi connectivity index (χ3n) is 3.31. The molecule has 0 aliphatic carbocycles. The van der Waals surface area contributed by atoms with Crippen LogP contribution in [0, 0.1) is 0 Å². The van der Waals surface area contributed by atoms with E-state index in [1.807, 2.05) is 6.08 Å². The van der Waals surface area contributed by atoms with Crippen molar-refractivity contribution >= 4 is 5.97 Å². The predicted octanol–water partition coefficient (Wildman–Crippen LogP) is 4.39. The molecule has 1 atom stereocenters. The largest absolute Gasteiger partial charge is 0.459 e. The van der Waals surface area contributed by atoms with Gasteiger partial charge in [-0.25, -0.2) is 4.79 Å².